The topological polar surface area (TPSA) is 47.9 Å². The summed E-state index contributed by atoms with van der Waals surface area (Å²) < 4.78 is 4.16. The van der Waals surface area contributed by atoms with Gasteiger partial charge in [0.2, 0.25) is 0 Å². The standard InChI is InChI=1S/C7H5NS.H3N/c1-2-4-7-6(3-1)5-9-8-7;/h1-5H;1H3. The molecule has 52 valence electrons. The van der Waals surface area contributed by atoms with Crippen LogP contribution in [0.2, 0.25) is 0 Å². The Kier molecular flexibility index (Phi) is 1.99. The zero-order chi connectivity index (χ0) is 6.10. The van der Waals surface area contributed by atoms with Gasteiger partial charge in [0.1, 0.15) is 0 Å². The molecule has 2 rings (SSSR count). The van der Waals surface area contributed by atoms with Gasteiger partial charge in [-0.15, -0.1) is 0 Å². The van der Waals surface area contributed by atoms with Crippen molar-refractivity contribution in [2.45, 2.75) is 0 Å². The van der Waals surface area contributed by atoms with Crippen LogP contribution < -0.4 is 6.15 Å². The highest BCUT2D eigenvalue weighted by molar-refractivity contribution is 7.04. The lowest BCUT2D eigenvalue weighted by molar-refractivity contribution is 1.67. The van der Waals surface area contributed by atoms with Gasteiger partial charge in [-0.3, -0.25) is 0 Å². The Labute approximate surface area is 63.2 Å². The number of benzene rings is 1. The van der Waals surface area contributed by atoms with Crippen LogP contribution in [0, 0.1) is 0 Å². The molecular formula is C7H8N2S. The second-order valence-corrected chi connectivity index (χ2v) is 2.50. The normalized spacial score (nSPS) is 9.20. The molecule has 0 aliphatic carbocycles. The molecule has 0 aliphatic heterocycles. The zero-order valence-corrected chi connectivity index (χ0v) is 6.27. The van der Waals surface area contributed by atoms with E-state index >= 15 is 0 Å². The number of hydrogen-bond donors (Lipinski definition) is 1. The van der Waals surface area contributed by atoms with E-state index in [1.807, 2.05) is 18.2 Å². The van der Waals surface area contributed by atoms with Crippen LogP contribution in [0.15, 0.2) is 29.6 Å². The summed E-state index contributed by atoms with van der Waals surface area (Å²) in [6.45, 7) is 0. The van der Waals surface area contributed by atoms with Crippen molar-refractivity contribution in [1.82, 2.24) is 10.5 Å². The van der Waals surface area contributed by atoms with E-state index in [4.69, 9.17) is 0 Å². The molecule has 0 saturated carbocycles. The summed E-state index contributed by atoms with van der Waals surface area (Å²) in [5.41, 5.74) is 1.10. The molecule has 0 unspecified atom stereocenters. The number of hydrogen-bond acceptors (Lipinski definition) is 3. The first-order chi connectivity index (χ1) is 4.47. The molecule has 3 N–H and O–H groups in total. The molecule has 1 aromatic carbocycles. The van der Waals surface area contributed by atoms with Crippen molar-refractivity contribution >= 4 is 22.4 Å². The predicted octanol–water partition coefficient (Wildman–Crippen LogP) is 2.46. The van der Waals surface area contributed by atoms with Crippen LogP contribution in [0.25, 0.3) is 10.9 Å². The van der Waals surface area contributed by atoms with Crippen molar-refractivity contribution in [2.24, 2.45) is 0 Å². The van der Waals surface area contributed by atoms with Gasteiger partial charge in [0.25, 0.3) is 0 Å². The molecule has 0 atom stereocenters. The maximum Gasteiger partial charge on any atom is 0.0840 e. The smallest absolute Gasteiger partial charge is 0.0840 e. The van der Waals surface area contributed by atoms with E-state index in [0.717, 1.165) is 5.52 Å². The number of rotatable bonds is 0. The van der Waals surface area contributed by atoms with Crippen molar-refractivity contribution in [3.05, 3.63) is 29.6 Å². The van der Waals surface area contributed by atoms with E-state index in [2.05, 4.69) is 15.8 Å². The van der Waals surface area contributed by atoms with Gasteiger partial charge in [-0.2, -0.15) is 4.37 Å². The highest BCUT2D eigenvalue weighted by atomic mass is 32.1. The highest BCUT2D eigenvalue weighted by Gasteiger charge is 1.89. The van der Waals surface area contributed by atoms with Gasteiger partial charge >= 0.3 is 0 Å². The number of nitrogens with zero attached hydrogens (tertiary/aromatic N) is 1. The Morgan fingerprint density at radius 3 is 2.80 bits per heavy atom. The van der Waals surface area contributed by atoms with E-state index in [0.29, 0.717) is 0 Å². The minimum atomic E-state index is 0. The molecule has 1 aromatic heterocycles. The lowest BCUT2D eigenvalue weighted by Crippen LogP contribution is -1.61. The van der Waals surface area contributed by atoms with E-state index in [1.165, 1.54) is 16.9 Å². The number of fused-ring (bicyclic) bond motifs is 1. The maximum absolute atomic E-state index is 4.16. The van der Waals surface area contributed by atoms with Crippen LogP contribution >= 0.6 is 11.5 Å². The number of aromatic nitrogens is 1. The fourth-order valence-corrected chi connectivity index (χ4v) is 1.46. The fraction of sp³-hybridized carbons (Fsp3) is 0. The average molecular weight is 152 g/mol. The van der Waals surface area contributed by atoms with Crippen LogP contribution in [0.4, 0.5) is 0 Å². The molecular weight excluding hydrogens is 144 g/mol. The Hall–Kier alpha value is -0.930. The summed E-state index contributed by atoms with van der Waals surface area (Å²) >= 11 is 1.50. The van der Waals surface area contributed by atoms with Crippen LogP contribution in [0.5, 0.6) is 0 Å². The molecule has 3 heteroatoms. The van der Waals surface area contributed by atoms with Crippen LogP contribution in [-0.4, -0.2) is 4.37 Å². The molecule has 0 aliphatic rings. The summed E-state index contributed by atoms with van der Waals surface area (Å²) in [4.78, 5) is 0. The largest absolute Gasteiger partial charge is 0.344 e. The molecule has 2 aromatic rings. The third-order valence-corrected chi connectivity index (χ3v) is 1.93. The van der Waals surface area contributed by atoms with Crippen molar-refractivity contribution in [3.63, 3.8) is 0 Å². The van der Waals surface area contributed by atoms with Crippen molar-refractivity contribution in [2.75, 3.05) is 0 Å². The van der Waals surface area contributed by atoms with E-state index in [-0.39, 0.29) is 6.15 Å². The second kappa shape index (κ2) is 2.77. The Morgan fingerprint density at radius 1 is 1.20 bits per heavy atom. The monoisotopic (exact) mass is 152 g/mol. The van der Waals surface area contributed by atoms with Gasteiger partial charge in [-0.05, 0) is 17.6 Å². The second-order valence-electron chi connectivity index (χ2n) is 1.87. The Balaban J connectivity index is 0.000000500. The third kappa shape index (κ3) is 1.01. The van der Waals surface area contributed by atoms with Gasteiger partial charge in [0, 0.05) is 10.8 Å². The quantitative estimate of drug-likeness (QED) is 0.630. The van der Waals surface area contributed by atoms with Crippen molar-refractivity contribution < 1.29 is 0 Å². The van der Waals surface area contributed by atoms with Gasteiger partial charge < -0.3 is 6.15 Å². The molecule has 2 nitrogen and oxygen atoms in total. The van der Waals surface area contributed by atoms with Crippen LogP contribution in [-0.2, 0) is 0 Å². The molecule has 0 spiro atoms. The molecule has 0 saturated heterocycles. The van der Waals surface area contributed by atoms with E-state index < -0.39 is 0 Å². The Morgan fingerprint density at radius 2 is 2.00 bits per heavy atom. The van der Waals surface area contributed by atoms with Gasteiger partial charge in [0.05, 0.1) is 5.52 Å². The third-order valence-electron chi connectivity index (χ3n) is 1.27. The van der Waals surface area contributed by atoms with E-state index in [9.17, 15) is 0 Å². The predicted molar refractivity (Wildman–Crippen MR) is 44.6 cm³/mol. The molecule has 0 radical (unpaired) electrons. The zero-order valence-electron chi connectivity index (χ0n) is 5.45. The molecule has 0 fully saturated rings. The van der Waals surface area contributed by atoms with Crippen LogP contribution in [0.3, 0.4) is 0 Å². The molecule has 0 amide bonds. The van der Waals surface area contributed by atoms with Gasteiger partial charge in [-0.1, -0.05) is 18.2 Å². The summed E-state index contributed by atoms with van der Waals surface area (Å²) in [6.07, 6.45) is 0. The van der Waals surface area contributed by atoms with Crippen molar-refractivity contribution in [3.8, 4) is 0 Å². The summed E-state index contributed by atoms with van der Waals surface area (Å²) in [7, 11) is 0. The summed E-state index contributed by atoms with van der Waals surface area (Å²) in [5, 5.41) is 3.29. The Bertz CT molecular complexity index is 286. The van der Waals surface area contributed by atoms with Gasteiger partial charge in [-0.25, -0.2) is 0 Å². The first kappa shape index (κ1) is 7.18. The van der Waals surface area contributed by atoms with Crippen LogP contribution in [0.1, 0.15) is 0 Å². The average Bonchev–Trinajstić information content (AvgIpc) is 2.33. The lowest BCUT2D eigenvalue weighted by atomic mass is 10.3. The molecule has 0 bridgehead atoms. The first-order valence-electron chi connectivity index (χ1n) is 2.76. The SMILES string of the molecule is N.c1ccc2nscc2c1. The summed E-state index contributed by atoms with van der Waals surface area (Å²) in [6, 6.07) is 8.11. The highest BCUT2D eigenvalue weighted by Crippen LogP contribution is 2.12. The lowest BCUT2D eigenvalue weighted by Gasteiger charge is -1.80. The van der Waals surface area contributed by atoms with Crippen molar-refractivity contribution in [1.29, 1.82) is 0 Å². The molecule has 10 heavy (non-hydrogen) atoms. The summed E-state index contributed by atoms with van der Waals surface area (Å²) in [5.74, 6) is 0. The minimum absolute atomic E-state index is 0. The van der Waals surface area contributed by atoms with Gasteiger partial charge in [0.15, 0.2) is 0 Å². The first-order valence-corrected chi connectivity index (χ1v) is 3.59. The minimum Gasteiger partial charge on any atom is -0.344 e. The van der Waals surface area contributed by atoms with E-state index in [1.54, 1.807) is 0 Å². The molecule has 1 heterocycles. The fourth-order valence-electron chi connectivity index (χ4n) is 0.810. The maximum atomic E-state index is 4.16.